The Morgan fingerprint density at radius 1 is 0.886 bits per heavy atom. The second-order valence-electron chi connectivity index (χ2n) is 8.75. The summed E-state index contributed by atoms with van der Waals surface area (Å²) in [5.74, 6) is 0.731. The van der Waals surface area contributed by atoms with E-state index >= 15 is 0 Å². The van der Waals surface area contributed by atoms with Crippen LogP contribution in [0.1, 0.15) is 23.1 Å². The van der Waals surface area contributed by atoms with Crippen molar-refractivity contribution >= 4 is 17.5 Å². The summed E-state index contributed by atoms with van der Waals surface area (Å²) in [6.45, 7) is 2.86. The van der Waals surface area contributed by atoms with Gasteiger partial charge in [0.2, 0.25) is 11.8 Å². The Balaban J connectivity index is 1.10. The van der Waals surface area contributed by atoms with E-state index in [0.29, 0.717) is 51.0 Å². The molecule has 3 aromatic carbocycles. The lowest BCUT2D eigenvalue weighted by Crippen LogP contribution is -2.32. The van der Waals surface area contributed by atoms with Crippen molar-refractivity contribution in [3.8, 4) is 11.5 Å². The van der Waals surface area contributed by atoms with E-state index in [1.807, 2.05) is 60.7 Å². The number of hydrogen-bond donors (Lipinski definition) is 1. The van der Waals surface area contributed by atoms with E-state index in [4.69, 9.17) is 14.2 Å². The van der Waals surface area contributed by atoms with Gasteiger partial charge in [-0.25, -0.2) is 0 Å². The molecule has 180 valence electrons. The molecule has 2 aliphatic rings. The third-order valence-electron chi connectivity index (χ3n) is 6.20. The van der Waals surface area contributed by atoms with Crippen LogP contribution < -0.4 is 19.7 Å². The first kappa shape index (κ1) is 22.9. The van der Waals surface area contributed by atoms with Crippen LogP contribution in [0.25, 0.3) is 0 Å². The molecule has 2 heterocycles. The number of nitrogens with one attached hydrogen (secondary N) is 1. The number of benzene rings is 3. The predicted octanol–water partition coefficient (Wildman–Crippen LogP) is 3.84. The molecule has 0 spiro atoms. The maximum absolute atomic E-state index is 12.8. The minimum absolute atomic E-state index is 0.0679. The molecule has 1 atom stereocenters. The Kier molecular flexibility index (Phi) is 6.95. The fraction of sp³-hybridized carbons (Fsp3) is 0.286. The highest BCUT2D eigenvalue weighted by atomic mass is 16.6. The van der Waals surface area contributed by atoms with Crippen molar-refractivity contribution in [2.75, 3.05) is 24.7 Å². The van der Waals surface area contributed by atoms with Crippen molar-refractivity contribution in [3.63, 3.8) is 0 Å². The van der Waals surface area contributed by atoms with Crippen LogP contribution in [0, 0.1) is 5.92 Å². The Hall–Kier alpha value is -3.84. The number of rotatable bonds is 8. The van der Waals surface area contributed by atoms with Crippen molar-refractivity contribution in [2.24, 2.45) is 5.92 Å². The van der Waals surface area contributed by atoms with Gasteiger partial charge in [-0.05, 0) is 28.8 Å². The highest BCUT2D eigenvalue weighted by molar-refractivity contribution is 6.00. The van der Waals surface area contributed by atoms with E-state index in [1.165, 1.54) is 0 Å². The molecule has 0 bridgehead atoms. The van der Waals surface area contributed by atoms with Gasteiger partial charge in [0.15, 0.2) is 11.5 Å². The molecule has 7 nitrogen and oxygen atoms in total. The normalized spacial score (nSPS) is 16.9. The highest BCUT2D eigenvalue weighted by Gasteiger charge is 2.35. The smallest absolute Gasteiger partial charge is 0.227 e. The standard InChI is InChI=1S/C28H28N2O5/c31-27-14-23(17-30(27)24-10-11-25-26(15-24)35-13-12-34-25)28(32)29-16-20-6-8-22(9-7-20)19-33-18-21-4-2-1-3-5-21/h1-11,15,23H,12-14,16-19H2,(H,29,32). The molecule has 35 heavy (non-hydrogen) atoms. The van der Waals surface area contributed by atoms with Crippen molar-refractivity contribution in [1.29, 1.82) is 0 Å². The first-order valence-electron chi connectivity index (χ1n) is 11.8. The molecule has 1 unspecified atom stereocenters. The van der Waals surface area contributed by atoms with Gasteiger partial charge in [0.25, 0.3) is 0 Å². The molecule has 0 saturated carbocycles. The molecule has 3 aromatic rings. The molecule has 2 amide bonds. The van der Waals surface area contributed by atoms with Gasteiger partial charge in [-0.3, -0.25) is 9.59 Å². The van der Waals surface area contributed by atoms with Gasteiger partial charge in [-0.1, -0.05) is 54.6 Å². The molecule has 0 radical (unpaired) electrons. The van der Waals surface area contributed by atoms with E-state index < -0.39 is 0 Å². The SMILES string of the molecule is O=C(NCc1ccc(COCc2ccccc2)cc1)C1CC(=O)N(c2ccc3c(c2)OCCO3)C1. The number of carbonyl (C=O) groups excluding carboxylic acids is 2. The number of anilines is 1. The molecule has 1 N–H and O–H groups in total. The zero-order valence-electron chi connectivity index (χ0n) is 19.4. The predicted molar refractivity (Wildman–Crippen MR) is 131 cm³/mol. The molecule has 0 aromatic heterocycles. The summed E-state index contributed by atoms with van der Waals surface area (Å²) in [7, 11) is 0. The minimum atomic E-state index is -0.388. The van der Waals surface area contributed by atoms with Gasteiger partial charge < -0.3 is 24.4 Å². The lowest BCUT2D eigenvalue weighted by Gasteiger charge is -2.22. The average Bonchev–Trinajstić information content (AvgIpc) is 3.30. The van der Waals surface area contributed by atoms with E-state index in [-0.39, 0.29) is 24.2 Å². The Labute approximate surface area is 204 Å². The maximum Gasteiger partial charge on any atom is 0.227 e. The largest absolute Gasteiger partial charge is 0.486 e. The fourth-order valence-electron chi connectivity index (χ4n) is 4.28. The first-order valence-corrected chi connectivity index (χ1v) is 11.8. The summed E-state index contributed by atoms with van der Waals surface area (Å²) >= 11 is 0. The quantitative estimate of drug-likeness (QED) is 0.539. The fourth-order valence-corrected chi connectivity index (χ4v) is 4.28. The lowest BCUT2D eigenvalue weighted by atomic mass is 10.1. The van der Waals surface area contributed by atoms with Gasteiger partial charge in [0.1, 0.15) is 13.2 Å². The summed E-state index contributed by atoms with van der Waals surface area (Å²) in [5.41, 5.74) is 3.94. The molecule has 5 rings (SSSR count). The molecule has 7 heteroatoms. The summed E-state index contributed by atoms with van der Waals surface area (Å²) in [6, 6.07) is 23.5. The lowest BCUT2D eigenvalue weighted by molar-refractivity contribution is -0.126. The zero-order valence-corrected chi connectivity index (χ0v) is 19.4. The van der Waals surface area contributed by atoms with Gasteiger partial charge in [0, 0.05) is 31.3 Å². The van der Waals surface area contributed by atoms with Crippen LogP contribution in [0.4, 0.5) is 5.69 Å². The van der Waals surface area contributed by atoms with E-state index in [1.54, 1.807) is 17.0 Å². The number of ether oxygens (including phenoxy) is 3. The van der Waals surface area contributed by atoms with E-state index in [2.05, 4.69) is 5.32 Å². The van der Waals surface area contributed by atoms with Crippen LogP contribution in [-0.2, 0) is 34.1 Å². The summed E-state index contributed by atoms with van der Waals surface area (Å²) < 4.78 is 16.9. The third-order valence-corrected chi connectivity index (χ3v) is 6.20. The molecular formula is C28H28N2O5. The van der Waals surface area contributed by atoms with Crippen molar-refractivity contribution < 1.29 is 23.8 Å². The summed E-state index contributed by atoms with van der Waals surface area (Å²) in [4.78, 5) is 27.0. The molecule has 1 saturated heterocycles. The van der Waals surface area contributed by atoms with Crippen LogP contribution >= 0.6 is 0 Å². The molecule has 0 aliphatic carbocycles. The van der Waals surface area contributed by atoms with Crippen LogP contribution in [0.15, 0.2) is 72.8 Å². The van der Waals surface area contributed by atoms with E-state index in [9.17, 15) is 9.59 Å². The molecule has 1 fully saturated rings. The molecule has 2 aliphatic heterocycles. The third kappa shape index (κ3) is 5.63. The van der Waals surface area contributed by atoms with Crippen LogP contribution in [-0.4, -0.2) is 31.6 Å². The molecular weight excluding hydrogens is 444 g/mol. The minimum Gasteiger partial charge on any atom is -0.486 e. The maximum atomic E-state index is 12.8. The summed E-state index contributed by atoms with van der Waals surface area (Å²) in [5, 5.41) is 2.97. The highest BCUT2D eigenvalue weighted by Crippen LogP contribution is 2.36. The number of amides is 2. The van der Waals surface area contributed by atoms with Crippen LogP contribution in [0.5, 0.6) is 11.5 Å². The monoisotopic (exact) mass is 472 g/mol. The topological polar surface area (TPSA) is 77.1 Å². The number of nitrogens with zero attached hydrogens (tertiary/aromatic N) is 1. The van der Waals surface area contributed by atoms with Gasteiger partial charge in [-0.2, -0.15) is 0 Å². The van der Waals surface area contributed by atoms with Crippen LogP contribution in [0.2, 0.25) is 0 Å². The number of hydrogen-bond acceptors (Lipinski definition) is 5. The Morgan fingerprint density at radius 2 is 1.57 bits per heavy atom. The summed E-state index contributed by atoms with van der Waals surface area (Å²) in [6.07, 6.45) is 0.192. The number of carbonyl (C=O) groups is 2. The zero-order chi connectivity index (χ0) is 24.0. The van der Waals surface area contributed by atoms with Crippen molar-refractivity contribution in [1.82, 2.24) is 5.32 Å². The van der Waals surface area contributed by atoms with Gasteiger partial charge in [-0.15, -0.1) is 0 Å². The first-order chi connectivity index (χ1) is 17.2. The average molecular weight is 473 g/mol. The van der Waals surface area contributed by atoms with E-state index in [0.717, 1.165) is 22.4 Å². The Morgan fingerprint density at radius 3 is 2.34 bits per heavy atom. The van der Waals surface area contributed by atoms with Crippen molar-refractivity contribution in [2.45, 2.75) is 26.2 Å². The second kappa shape index (κ2) is 10.6. The van der Waals surface area contributed by atoms with Crippen LogP contribution in [0.3, 0.4) is 0 Å². The van der Waals surface area contributed by atoms with Gasteiger partial charge >= 0.3 is 0 Å². The number of fused-ring (bicyclic) bond motifs is 1. The second-order valence-corrected chi connectivity index (χ2v) is 8.75. The Bertz CT molecular complexity index is 1180. The van der Waals surface area contributed by atoms with Gasteiger partial charge in [0.05, 0.1) is 19.1 Å². The van der Waals surface area contributed by atoms with Crippen molar-refractivity contribution in [3.05, 3.63) is 89.5 Å².